The number of nitrogen functional groups attached to an aromatic ring is 1. The zero-order valence-corrected chi connectivity index (χ0v) is 9.49. The molecule has 0 saturated carbocycles. The number of halogens is 2. The van der Waals surface area contributed by atoms with Crippen LogP contribution in [0.25, 0.3) is 0 Å². The molecule has 1 fully saturated rings. The van der Waals surface area contributed by atoms with Crippen molar-refractivity contribution in [1.29, 1.82) is 0 Å². The molecule has 2 heterocycles. The highest BCUT2D eigenvalue weighted by Crippen LogP contribution is 2.34. The van der Waals surface area contributed by atoms with E-state index in [2.05, 4.69) is 4.98 Å². The van der Waals surface area contributed by atoms with Crippen LogP contribution in [0.5, 0.6) is 0 Å². The highest BCUT2D eigenvalue weighted by molar-refractivity contribution is 8.00. The van der Waals surface area contributed by atoms with Gasteiger partial charge in [-0.2, -0.15) is 0 Å². The van der Waals surface area contributed by atoms with E-state index in [9.17, 15) is 0 Å². The normalized spacial score (nSPS) is 16.7. The molecule has 0 aromatic carbocycles. The van der Waals surface area contributed by atoms with Crippen molar-refractivity contribution in [1.82, 2.24) is 4.98 Å². The number of rotatable bonds is 2. The maximum atomic E-state index is 5.96. The molecule has 1 aromatic rings. The maximum Gasteiger partial charge on any atom is 0.143 e. The van der Waals surface area contributed by atoms with Gasteiger partial charge in [0.05, 0.1) is 28.5 Å². The van der Waals surface area contributed by atoms with Gasteiger partial charge in [0.25, 0.3) is 0 Å². The van der Waals surface area contributed by atoms with Gasteiger partial charge >= 0.3 is 0 Å². The summed E-state index contributed by atoms with van der Waals surface area (Å²) in [5.41, 5.74) is 5.58. The number of ether oxygens (including phenoxy) is 1. The van der Waals surface area contributed by atoms with Crippen molar-refractivity contribution >= 4 is 40.8 Å². The van der Waals surface area contributed by atoms with Crippen molar-refractivity contribution in [2.24, 2.45) is 0 Å². The molecule has 6 heteroatoms. The Kier molecular flexibility index (Phi) is 3.07. The number of pyridine rings is 1. The minimum Gasteiger partial charge on any atom is -0.382 e. The predicted molar refractivity (Wildman–Crippen MR) is 59.1 cm³/mol. The molecule has 76 valence electrons. The molecule has 3 nitrogen and oxygen atoms in total. The van der Waals surface area contributed by atoms with Gasteiger partial charge < -0.3 is 10.5 Å². The number of thioether (sulfide) groups is 1. The fraction of sp³-hybridized carbons (Fsp3) is 0.375. The summed E-state index contributed by atoms with van der Waals surface area (Å²) in [6.07, 6.45) is 0. The first kappa shape index (κ1) is 10.4. The van der Waals surface area contributed by atoms with Gasteiger partial charge in [-0.3, -0.25) is 0 Å². The van der Waals surface area contributed by atoms with Crippen LogP contribution < -0.4 is 5.73 Å². The number of nitrogens with two attached hydrogens (primary N) is 1. The lowest BCUT2D eigenvalue weighted by molar-refractivity contribution is 0.0455. The van der Waals surface area contributed by atoms with Crippen LogP contribution in [0.3, 0.4) is 0 Å². The lowest BCUT2D eigenvalue weighted by atomic mass is 10.4. The van der Waals surface area contributed by atoms with Crippen molar-refractivity contribution in [3.8, 4) is 0 Å². The van der Waals surface area contributed by atoms with Crippen LogP contribution in [-0.2, 0) is 4.74 Å². The van der Waals surface area contributed by atoms with Gasteiger partial charge in [0.2, 0.25) is 0 Å². The first-order chi connectivity index (χ1) is 6.66. The maximum absolute atomic E-state index is 5.96. The monoisotopic (exact) mass is 250 g/mol. The minimum absolute atomic E-state index is 0.318. The van der Waals surface area contributed by atoms with E-state index in [1.807, 2.05) is 0 Å². The van der Waals surface area contributed by atoms with Gasteiger partial charge in [-0.15, -0.1) is 0 Å². The fourth-order valence-electron chi connectivity index (χ4n) is 0.986. The molecule has 0 spiro atoms. The summed E-state index contributed by atoms with van der Waals surface area (Å²) < 4.78 is 5.05. The van der Waals surface area contributed by atoms with Crippen LogP contribution in [-0.4, -0.2) is 23.4 Å². The summed E-state index contributed by atoms with van der Waals surface area (Å²) >= 11 is 13.3. The second-order valence-electron chi connectivity index (χ2n) is 2.92. The van der Waals surface area contributed by atoms with Gasteiger partial charge in [-0.25, -0.2) is 4.98 Å². The molecular formula is C8H8Cl2N2OS. The van der Waals surface area contributed by atoms with Crippen molar-refractivity contribution < 1.29 is 4.74 Å². The lowest BCUT2D eigenvalue weighted by Crippen LogP contribution is -2.30. The van der Waals surface area contributed by atoms with Gasteiger partial charge in [0.1, 0.15) is 10.8 Å². The molecule has 0 aliphatic carbocycles. The molecule has 1 aliphatic heterocycles. The van der Waals surface area contributed by atoms with E-state index >= 15 is 0 Å². The van der Waals surface area contributed by atoms with Crippen molar-refractivity contribution in [3.63, 3.8) is 0 Å². The Bertz CT molecular complexity index is 357. The molecule has 0 radical (unpaired) electrons. The highest BCUT2D eigenvalue weighted by atomic mass is 35.5. The van der Waals surface area contributed by atoms with Crippen LogP contribution in [0.1, 0.15) is 0 Å². The Morgan fingerprint density at radius 1 is 1.43 bits per heavy atom. The Morgan fingerprint density at radius 3 is 2.71 bits per heavy atom. The third kappa shape index (κ3) is 2.08. The molecule has 1 aliphatic rings. The smallest absolute Gasteiger partial charge is 0.143 e. The third-order valence-corrected chi connectivity index (χ3v) is 3.65. The van der Waals surface area contributed by atoms with Crippen molar-refractivity contribution in [3.05, 3.63) is 16.1 Å². The first-order valence-corrected chi connectivity index (χ1v) is 5.66. The van der Waals surface area contributed by atoms with E-state index in [1.54, 1.807) is 17.8 Å². The number of aromatic nitrogens is 1. The molecule has 2 N–H and O–H groups in total. The zero-order chi connectivity index (χ0) is 10.1. The number of hydrogen-bond acceptors (Lipinski definition) is 4. The standard InChI is InChI=1S/C8H8Cl2N2OS/c9-5-1-6(10)8(12-7(5)11)14-4-2-13-3-4/h1,4H,2-3H2,(H2,11,12). The molecule has 14 heavy (non-hydrogen) atoms. The van der Waals surface area contributed by atoms with E-state index in [1.165, 1.54) is 0 Å². The Labute approximate surface area is 95.9 Å². The quantitative estimate of drug-likeness (QED) is 0.877. The Hall–Kier alpha value is -0.160. The molecule has 2 rings (SSSR count). The first-order valence-electron chi connectivity index (χ1n) is 4.02. The average molecular weight is 251 g/mol. The Balaban J connectivity index is 2.19. The van der Waals surface area contributed by atoms with Crippen molar-refractivity contribution in [2.75, 3.05) is 18.9 Å². The number of hydrogen-bond donors (Lipinski definition) is 1. The lowest BCUT2D eigenvalue weighted by Gasteiger charge is -2.25. The number of nitrogens with zero attached hydrogens (tertiary/aromatic N) is 1. The van der Waals surface area contributed by atoms with Gasteiger partial charge in [-0.1, -0.05) is 35.0 Å². The molecule has 1 saturated heterocycles. The third-order valence-electron chi connectivity index (χ3n) is 1.81. The van der Waals surface area contributed by atoms with Crippen molar-refractivity contribution in [2.45, 2.75) is 10.3 Å². The molecule has 1 aromatic heterocycles. The molecule has 0 amide bonds. The minimum atomic E-state index is 0.318. The van der Waals surface area contributed by atoms with E-state index in [4.69, 9.17) is 33.7 Å². The molecule has 0 unspecified atom stereocenters. The zero-order valence-electron chi connectivity index (χ0n) is 7.17. The van der Waals surface area contributed by atoms with E-state index < -0.39 is 0 Å². The summed E-state index contributed by atoms with van der Waals surface area (Å²) in [5.74, 6) is 0.318. The second kappa shape index (κ2) is 4.14. The van der Waals surface area contributed by atoms with E-state index in [0.717, 1.165) is 18.2 Å². The van der Waals surface area contributed by atoms with Gasteiger partial charge in [0, 0.05) is 0 Å². The average Bonchev–Trinajstić information content (AvgIpc) is 2.06. The van der Waals surface area contributed by atoms with E-state index in [-0.39, 0.29) is 0 Å². The topological polar surface area (TPSA) is 48.1 Å². The summed E-state index contributed by atoms with van der Waals surface area (Å²) in [6.45, 7) is 1.48. The summed E-state index contributed by atoms with van der Waals surface area (Å²) in [7, 11) is 0. The van der Waals surface area contributed by atoms with Crippen LogP contribution in [0.15, 0.2) is 11.1 Å². The highest BCUT2D eigenvalue weighted by Gasteiger charge is 2.22. The van der Waals surface area contributed by atoms with Crippen LogP contribution in [0, 0.1) is 0 Å². The molecular weight excluding hydrogens is 243 g/mol. The van der Waals surface area contributed by atoms with Gasteiger partial charge in [0.15, 0.2) is 0 Å². The van der Waals surface area contributed by atoms with E-state index in [0.29, 0.717) is 21.1 Å². The molecule has 0 atom stereocenters. The summed E-state index contributed by atoms with van der Waals surface area (Å²) in [6, 6.07) is 1.62. The SMILES string of the molecule is Nc1nc(SC2COC2)c(Cl)cc1Cl. The van der Waals surface area contributed by atoms with Crippen LogP contribution in [0.4, 0.5) is 5.82 Å². The Morgan fingerprint density at radius 2 is 2.14 bits per heavy atom. The fourth-order valence-corrected chi connectivity index (χ4v) is 2.44. The summed E-state index contributed by atoms with van der Waals surface area (Å²) in [4.78, 5) is 4.12. The van der Waals surface area contributed by atoms with Crippen LogP contribution in [0.2, 0.25) is 10.0 Å². The largest absolute Gasteiger partial charge is 0.382 e. The predicted octanol–water partition coefficient (Wildman–Crippen LogP) is 2.46. The molecule has 0 bridgehead atoms. The van der Waals surface area contributed by atoms with Crippen LogP contribution >= 0.6 is 35.0 Å². The van der Waals surface area contributed by atoms with Gasteiger partial charge in [-0.05, 0) is 6.07 Å². The summed E-state index contributed by atoms with van der Waals surface area (Å²) in [5, 5.41) is 2.09. The second-order valence-corrected chi connectivity index (χ2v) is 5.02. The number of anilines is 1.